The fraction of sp³-hybridized carbons (Fsp3) is 0.217. The molecule has 1 aromatic heterocycles. The van der Waals surface area contributed by atoms with Gasteiger partial charge in [0.25, 0.3) is 15.9 Å². The van der Waals surface area contributed by atoms with Crippen molar-refractivity contribution in [2.24, 2.45) is 0 Å². The molecule has 0 aliphatic heterocycles. The molecule has 0 spiro atoms. The lowest BCUT2D eigenvalue weighted by molar-refractivity contribution is 0.0598. The molecule has 0 radical (unpaired) electrons. The van der Waals surface area contributed by atoms with Gasteiger partial charge in [-0.25, -0.2) is 13.2 Å². The summed E-state index contributed by atoms with van der Waals surface area (Å²) in [7, 11) is -2.52. The third-order valence-corrected chi connectivity index (χ3v) is 6.04. The van der Waals surface area contributed by atoms with E-state index in [1.807, 2.05) is 6.92 Å². The molecule has 3 rings (SSSR count). The molecule has 0 aliphatic carbocycles. The van der Waals surface area contributed by atoms with E-state index in [4.69, 9.17) is 9.15 Å². The van der Waals surface area contributed by atoms with Crippen LogP contribution >= 0.6 is 0 Å². The van der Waals surface area contributed by atoms with Gasteiger partial charge in [-0.3, -0.25) is 9.52 Å². The first-order valence-electron chi connectivity index (χ1n) is 10.0. The van der Waals surface area contributed by atoms with E-state index in [9.17, 15) is 18.0 Å². The molecule has 0 aliphatic rings. The minimum atomic E-state index is -3.79. The van der Waals surface area contributed by atoms with E-state index < -0.39 is 16.0 Å². The fourth-order valence-corrected chi connectivity index (χ4v) is 4.06. The maximum atomic E-state index is 12.6. The summed E-state index contributed by atoms with van der Waals surface area (Å²) in [5, 5.41) is 2.69. The van der Waals surface area contributed by atoms with Gasteiger partial charge in [-0.2, -0.15) is 0 Å². The average Bonchev–Trinajstić information content (AvgIpc) is 3.18. The molecule has 9 nitrogen and oxygen atoms in total. The molecule has 10 heteroatoms. The van der Waals surface area contributed by atoms with Gasteiger partial charge in [0.15, 0.2) is 0 Å². The summed E-state index contributed by atoms with van der Waals surface area (Å²) >= 11 is 0. The number of rotatable bonds is 9. The molecule has 0 saturated heterocycles. The predicted molar refractivity (Wildman–Crippen MR) is 121 cm³/mol. The van der Waals surface area contributed by atoms with Crippen molar-refractivity contribution in [3.63, 3.8) is 0 Å². The second-order valence-electron chi connectivity index (χ2n) is 6.94. The highest BCUT2D eigenvalue weighted by molar-refractivity contribution is 7.92. The van der Waals surface area contributed by atoms with E-state index in [-0.39, 0.29) is 17.3 Å². The molecule has 2 aromatic carbocycles. The lowest BCUT2D eigenvalue weighted by Gasteiger charge is -2.10. The standard InChI is InChI=1S/C23H24N2O7S/c1-4-31-18-9-11-20(12-10-18)33(28,29)25-17-7-5-16(6-8-17)22(26)24-14-19-13-21(15(2)32-19)23(27)30-3/h5-13,25H,4,14H2,1-3H3,(H,24,26). The number of nitrogens with one attached hydrogen (secondary N) is 2. The van der Waals surface area contributed by atoms with Gasteiger partial charge in [0.05, 0.1) is 25.2 Å². The molecule has 0 bridgehead atoms. The predicted octanol–water partition coefficient (Wildman–Crippen LogP) is 3.50. The van der Waals surface area contributed by atoms with Gasteiger partial charge in [-0.15, -0.1) is 0 Å². The molecule has 3 aromatic rings. The van der Waals surface area contributed by atoms with Crippen LogP contribution in [0.1, 0.15) is 39.2 Å². The summed E-state index contributed by atoms with van der Waals surface area (Å²) in [6, 6.07) is 13.6. The Morgan fingerprint density at radius 3 is 2.30 bits per heavy atom. The van der Waals surface area contributed by atoms with Gasteiger partial charge in [-0.1, -0.05) is 0 Å². The molecule has 174 valence electrons. The van der Waals surface area contributed by atoms with Crippen LogP contribution in [0, 0.1) is 6.92 Å². The smallest absolute Gasteiger partial charge is 0.341 e. The molecule has 2 N–H and O–H groups in total. The van der Waals surface area contributed by atoms with Crippen molar-refractivity contribution in [3.8, 4) is 5.75 Å². The molecular weight excluding hydrogens is 448 g/mol. The Bertz CT molecular complexity index is 1230. The number of esters is 1. The second-order valence-corrected chi connectivity index (χ2v) is 8.63. The number of carbonyl (C=O) groups excluding carboxylic acids is 2. The van der Waals surface area contributed by atoms with Crippen molar-refractivity contribution < 1.29 is 31.9 Å². The van der Waals surface area contributed by atoms with Crippen LogP contribution in [0.4, 0.5) is 5.69 Å². The topological polar surface area (TPSA) is 124 Å². The number of amides is 1. The first-order chi connectivity index (χ1) is 15.7. The zero-order chi connectivity index (χ0) is 24.0. The van der Waals surface area contributed by atoms with Crippen LogP contribution in [0.15, 0.2) is 63.9 Å². The SMILES string of the molecule is CCOc1ccc(S(=O)(=O)Nc2ccc(C(=O)NCc3cc(C(=O)OC)c(C)o3)cc2)cc1. The van der Waals surface area contributed by atoms with Crippen molar-refractivity contribution in [1.29, 1.82) is 0 Å². The number of hydrogen-bond donors (Lipinski definition) is 2. The first-order valence-corrected chi connectivity index (χ1v) is 11.5. The molecule has 1 heterocycles. The highest BCUT2D eigenvalue weighted by Gasteiger charge is 2.17. The number of methoxy groups -OCH3 is 1. The minimum absolute atomic E-state index is 0.0722. The quantitative estimate of drug-likeness (QED) is 0.457. The Kier molecular flexibility index (Phi) is 7.39. The van der Waals surface area contributed by atoms with Crippen molar-refractivity contribution in [1.82, 2.24) is 5.32 Å². The molecular formula is C23H24N2O7S. The van der Waals surface area contributed by atoms with Crippen molar-refractivity contribution in [2.45, 2.75) is 25.3 Å². The summed E-state index contributed by atoms with van der Waals surface area (Å²) in [6.45, 7) is 4.03. The summed E-state index contributed by atoms with van der Waals surface area (Å²) in [5.41, 5.74) is 0.936. The second kappa shape index (κ2) is 10.2. The zero-order valence-corrected chi connectivity index (χ0v) is 19.2. The number of ether oxygens (including phenoxy) is 2. The fourth-order valence-electron chi connectivity index (χ4n) is 3.00. The van der Waals surface area contributed by atoms with E-state index in [1.165, 1.54) is 49.6 Å². The van der Waals surface area contributed by atoms with E-state index >= 15 is 0 Å². The van der Waals surface area contributed by atoms with Gasteiger partial charge in [0.1, 0.15) is 22.8 Å². The molecule has 0 atom stereocenters. The largest absolute Gasteiger partial charge is 0.494 e. The number of anilines is 1. The number of carbonyl (C=O) groups is 2. The monoisotopic (exact) mass is 472 g/mol. The van der Waals surface area contributed by atoms with Crippen LogP contribution in [-0.2, 0) is 21.3 Å². The highest BCUT2D eigenvalue weighted by atomic mass is 32.2. The van der Waals surface area contributed by atoms with Crippen LogP contribution in [0.3, 0.4) is 0 Å². The lowest BCUT2D eigenvalue weighted by Crippen LogP contribution is -2.22. The van der Waals surface area contributed by atoms with Gasteiger partial charge in [-0.05, 0) is 68.4 Å². The molecule has 0 fully saturated rings. The maximum Gasteiger partial charge on any atom is 0.341 e. The van der Waals surface area contributed by atoms with E-state index in [1.54, 1.807) is 19.1 Å². The van der Waals surface area contributed by atoms with Crippen LogP contribution in [0.25, 0.3) is 0 Å². The minimum Gasteiger partial charge on any atom is -0.494 e. The maximum absolute atomic E-state index is 12.6. The van der Waals surface area contributed by atoms with Gasteiger partial charge in [0, 0.05) is 11.3 Å². The summed E-state index contributed by atoms with van der Waals surface area (Å²) in [4.78, 5) is 24.1. The molecule has 33 heavy (non-hydrogen) atoms. The number of furan rings is 1. The highest BCUT2D eigenvalue weighted by Crippen LogP contribution is 2.20. The van der Waals surface area contributed by atoms with Crippen LogP contribution < -0.4 is 14.8 Å². The summed E-state index contributed by atoms with van der Waals surface area (Å²) in [6.07, 6.45) is 0. The van der Waals surface area contributed by atoms with Crippen molar-refractivity contribution in [2.75, 3.05) is 18.4 Å². The van der Waals surface area contributed by atoms with E-state index in [0.717, 1.165) is 0 Å². The number of hydrogen-bond acceptors (Lipinski definition) is 7. The Labute approximate surface area is 191 Å². The molecule has 0 saturated carbocycles. The number of aryl methyl sites for hydroxylation is 1. The third kappa shape index (κ3) is 5.92. The summed E-state index contributed by atoms with van der Waals surface area (Å²) in [5.74, 6) is 0.482. The lowest BCUT2D eigenvalue weighted by atomic mass is 10.2. The van der Waals surface area contributed by atoms with Gasteiger partial charge < -0.3 is 19.2 Å². The first kappa shape index (κ1) is 23.9. The van der Waals surface area contributed by atoms with E-state index in [2.05, 4.69) is 14.8 Å². The Morgan fingerprint density at radius 1 is 1.03 bits per heavy atom. The number of benzene rings is 2. The Morgan fingerprint density at radius 2 is 1.70 bits per heavy atom. The van der Waals surface area contributed by atoms with Gasteiger partial charge in [0.2, 0.25) is 0 Å². The Hall–Kier alpha value is -3.79. The van der Waals surface area contributed by atoms with Crippen LogP contribution in [0.5, 0.6) is 5.75 Å². The number of sulfonamides is 1. The van der Waals surface area contributed by atoms with Crippen molar-refractivity contribution >= 4 is 27.6 Å². The third-order valence-electron chi connectivity index (χ3n) is 4.64. The van der Waals surface area contributed by atoms with Crippen LogP contribution in [-0.4, -0.2) is 34.0 Å². The van der Waals surface area contributed by atoms with Crippen molar-refractivity contribution in [3.05, 3.63) is 77.2 Å². The molecule has 0 unspecified atom stereocenters. The normalized spacial score (nSPS) is 11.0. The summed E-state index contributed by atoms with van der Waals surface area (Å²) < 4.78 is 43.1. The molecule has 1 amide bonds. The zero-order valence-electron chi connectivity index (χ0n) is 18.4. The average molecular weight is 473 g/mol. The Balaban J connectivity index is 1.61. The van der Waals surface area contributed by atoms with Crippen LogP contribution in [0.2, 0.25) is 0 Å². The van der Waals surface area contributed by atoms with E-state index in [0.29, 0.717) is 40.7 Å². The van der Waals surface area contributed by atoms with Gasteiger partial charge >= 0.3 is 5.97 Å².